The lowest BCUT2D eigenvalue weighted by atomic mass is 9.47. The van der Waals surface area contributed by atoms with Gasteiger partial charge in [0.1, 0.15) is 11.2 Å². The van der Waals surface area contributed by atoms with E-state index >= 15 is 4.79 Å². The number of rotatable bonds is 7. The molecule has 12 nitrogen and oxygen atoms in total. The molecule has 2 aromatic carbocycles. The number of carbonyl (C=O) groups is 3. The van der Waals surface area contributed by atoms with E-state index in [1.54, 1.807) is 7.11 Å². The molecular weight excluding hydrogens is 816 g/mol. The Morgan fingerprint density at radius 2 is 1.80 bits per heavy atom. The highest BCUT2D eigenvalue weighted by Gasteiger charge is 2.80. The second kappa shape index (κ2) is 14.2. The first-order valence-electron chi connectivity index (χ1n) is 20.9. The van der Waals surface area contributed by atoms with Crippen molar-refractivity contribution in [2.24, 2.45) is 11.3 Å². The molecular formula is C46H55BrN4O8. The van der Waals surface area contributed by atoms with Crippen LogP contribution < -0.4 is 9.64 Å². The Morgan fingerprint density at radius 1 is 1.02 bits per heavy atom. The van der Waals surface area contributed by atoms with Crippen LogP contribution in [-0.4, -0.2) is 123 Å². The number of aromatic amines is 1. The van der Waals surface area contributed by atoms with E-state index in [-0.39, 0.29) is 12.0 Å². The molecule has 1 unspecified atom stereocenters. The van der Waals surface area contributed by atoms with E-state index in [4.69, 9.17) is 18.9 Å². The average molecular weight is 872 g/mol. The molecule has 5 aliphatic heterocycles. The zero-order valence-corrected chi connectivity index (χ0v) is 36.6. The molecule has 2 fully saturated rings. The number of ether oxygens (including phenoxy) is 4. The number of benzene rings is 2. The molecule has 1 aliphatic carbocycles. The van der Waals surface area contributed by atoms with Crippen molar-refractivity contribution in [3.63, 3.8) is 0 Å². The van der Waals surface area contributed by atoms with Gasteiger partial charge in [0.05, 0.1) is 27.4 Å². The number of fused-ring (bicyclic) bond motifs is 6. The number of nitrogens with zero attached hydrogens (tertiary/aromatic N) is 3. The van der Waals surface area contributed by atoms with Crippen LogP contribution in [0.2, 0.25) is 0 Å². The minimum absolute atomic E-state index is 0.00947. The molecule has 1 spiro atoms. The minimum Gasteiger partial charge on any atom is -0.496 e. The maximum Gasteiger partial charge on any atom is 0.344 e. The van der Waals surface area contributed by atoms with Crippen LogP contribution in [0.15, 0.2) is 58.6 Å². The first-order chi connectivity index (χ1) is 28.3. The van der Waals surface area contributed by atoms with Crippen LogP contribution in [0.3, 0.4) is 0 Å². The van der Waals surface area contributed by atoms with E-state index in [0.29, 0.717) is 50.1 Å². The lowest BCUT2D eigenvalue weighted by Crippen LogP contribution is -2.81. The third kappa shape index (κ3) is 5.32. The van der Waals surface area contributed by atoms with E-state index in [9.17, 15) is 14.7 Å². The summed E-state index contributed by atoms with van der Waals surface area (Å²) in [4.78, 5) is 53.4. The summed E-state index contributed by atoms with van der Waals surface area (Å²) in [5.41, 5.74) is 0.968. The van der Waals surface area contributed by atoms with E-state index in [1.165, 1.54) is 26.7 Å². The Morgan fingerprint density at radius 3 is 2.49 bits per heavy atom. The van der Waals surface area contributed by atoms with Crippen molar-refractivity contribution >= 4 is 50.4 Å². The Labute approximate surface area is 354 Å². The maximum absolute atomic E-state index is 15.3. The van der Waals surface area contributed by atoms with Crippen molar-refractivity contribution in [3.05, 3.63) is 81.0 Å². The molecule has 2 N–H and O–H groups in total. The van der Waals surface area contributed by atoms with Gasteiger partial charge in [-0.05, 0) is 73.9 Å². The molecule has 0 radical (unpaired) electrons. The Kier molecular flexibility index (Phi) is 9.69. The SMILES string of the molecule is CCC1=C[C@H]2CN(CCc3c([nH]c4cc(Br)ccc34)[C@@](C(=O)OC)(c3cc4c(cc3OC)N(C)[C@H]3[C@@](O)(C(=O)OC)[C@H](OC(C)=O)[C@]5(CC)C=CCN6CC[C@]43[C@@H]65)C2)C1. The molecule has 1 aromatic heterocycles. The van der Waals surface area contributed by atoms with Gasteiger partial charge in [-0.3, -0.25) is 19.4 Å². The van der Waals surface area contributed by atoms with Crippen LogP contribution in [0.5, 0.6) is 5.75 Å². The molecule has 1 saturated carbocycles. The molecule has 0 amide bonds. The van der Waals surface area contributed by atoms with Gasteiger partial charge in [0.25, 0.3) is 0 Å². The normalized spacial score (nSPS) is 34.4. The molecule has 6 heterocycles. The molecule has 1 saturated heterocycles. The Hall–Kier alpha value is -4.17. The maximum atomic E-state index is 15.3. The summed E-state index contributed by atoms with van der Waals surface area (Å²) in [5.74, 6) is -1.34. The number of nitrogens with one attached hydrogen (secondary N) is 1. The molecule has 13 heteroatoms. The van der Waals surface area contributed by atoms with Gasteiger partial charge in [-0.1, -0.05) is 59.6 Å². The number of hydrogen-bond donors (Lipinski definition) is 2. The summed E-state index contributed by atoms with van der Waals surface area (Å²) in [6.07, 6.45) is 8.37. The van der Waals surface area contributed by atoms with Crippen molar-refractivity contribution in [3.8, 4) is 5.75 Å². The molecule has 59 heavy (non-hydrogen) atoms. The Bertz CT molecular complexity index is 2320. The number of esters is 3. The predicted molar refractivity (Wildman–Crippen MR) is 227 cm³/mol. The fourth-order valence-corrected chi connectivity index (χ4v) is 13.4. The van der Waals surface area contributed by atoms with Gasteiger partial charge in [0, 0.05) is 95.4 Å². The average Bonchev–Trinajstić information content (AvgIpc) is 3.89. The highest BCUT2D eigenvalue weighted by Crippen LogP contribution is 2.68. The van der Waals surface area contributed by atoms with Crippen molar-refractivity contribution in [2.75, 3.05) is 66.0 Å². The first kappa shape index (κ1) is 40.2. The van der Waals surface area contributed by atoms with Crippen LogP contribution >= 0.6 is 15.9 Å². The van der Waals surface area contributed by atoms with E-state index in [0.717, 1.165) is 63.9 Å². The van der Waals surface area contributed by atoms with Gasteiger partial charge in [0.2, 0.25) is 5.60 Å². The molecule has 3 aromatic rings. The number of carbonyl (C=O) groups excluding carboxylic acids is 3. The number of methoxy groups -OCH3 is 3. The van der Waals surface area contributed by atoms with Crippen molar-refractivity contribution in [1.29, 1.82) is 0 Å². The molecule has 6 aliphatic rings. The van der Waals surface area contributed by atoms with Gasteiger partial charge in [-0.2, -0.15) is 0 Å². The van der Waals surface area contributed by atoms with E-state index in [2.05, 4.69) is 74.1 Å². The summed E-state index contributed by atoms with van der Waals surface area (Å²) >= 11 is 3.69. The zero-order valence-electron chi connectivity index (χ0n) is 35.0. The fourth-order valence-electron chi connectivity index (χ4n) is 13.1. The zero-order chi connectivity index (χ0) is 41.8. The minimum atomic E-state index is -2.28. The summed E-state index contributed by atoms with van der Waals surface area (Å²) < 4.78 is 24.9. The van der Waals surface area contributed by atoms with Gasteiger partial charge in [-0.25, -0.2) is 4.79 Å². The summed E-state index contributed by atoms with van der Waals surface area (Å²) in [6.45, 7) is 9.39. The van der Waals surface area contributed by atoms with Crippen molar-refractivity contribution in [1.82, 2.24) is 14.8 Å². The molecule has 9 atom stereocenters. The second-order valence-corrected chi connectivity index (χ2v) is 18.6. The molecule has 314 valence electrons. The highest BCUT2D eigenvalue weighted by molar-refractivity contribution is 9.10. The Balaban J connectivity index is 1.38. The smallest absolute Gasteiger partial charge is 0.344 e. The predicted octanol–water partition coefficient (Wildman–Crippen LogP) is 5.56. The summed E-state index contributed by atoms with van der Waals surface area (Å²) in [7, 11) is 6.24. The first-order valence-corrected chi connectivity index (χ1v) is 21.7. The summed E-state index contributed by atoms with van der Waals surface area (Å²) in [6, 6.07) is 9.15. The molecule has 9 rings (SSSR count). The fraction of sp³-hybridized carbons (Fsp3) is 0.543. The molecule has 2 bridgehead atoms. The number of halogens is 1. The number of anilines is 1. The lowest BCUT2D eigenvalue weighted by molar-refractivity contribution is -0.228. The topological polar surface area (TPSA) is 134 Å². The number of H-pyrrole nitrogens is 1. The largest absolute Gasteiger partial charge is 0.496 e. The standard InChI is InChI=1S/C46H55BrN4O8/c1-8-27-19-28-23-45(41(53)57-6,37-31(13-17-50(24-27)25-28)30-12-11-29(47)20-34(30)48-37)33-21-32-35(22-36(33)56-5)49(4)39-44(32)15-18-51-16-10-14-43(9-2,38(44)51)40(59-26(3)52)46(39,55)42(54)58-7/h10-12,14,19-22,28,38-40,48,55H,8-9,13,15-18,23-25H2,1-7H3/t28-,38+,39-,40-,43-,44-,45+,46+/m1/s1. The second-order valence-electron chi connectivity index (χ2n) is 17.6. The number of aromatic nitrogens is 1. The van der Waals surface area contributed by atoms with Crippen LogP contribution in [0.4, 0.5) is 5.69 Å². The van der Waals surface area contributed by atoms with Crippen molar-refractivity contribution in [2.45, 2.75) is 87.5 Å². The van der Waals surface area contributed by atoms with Crippen LogP contribution in [0.1, 0.15) is 68.8 Å². The number of aliphatic hydroxyl groups is 1. The van der Waals surface area contributed by atoms with E-state index in [1.807, 2.05) is 31.0 Å². The highest BCUT2D eigenvalue weighted by atomic mass is 79.9. The lowest BCUT2D eigenvalue weighted by Gasteiger charge is -2.63. The quantitative estimate of drug-likeness (QED) is 0.176. The van der Waals surface area contributed by atoms with Gasteiger partial charge < -0.3 is 33.9 Å². The van der Waals surface area contributed by atoms with Crippen LogP contribution in [0, 0.1) is 11.3 Å². The van der Waals surface area contributed by atoms with Gasteiger partial charge in [-0.15, -0.1) is 0 Å². The monoisotopic (exact) mass is 870 g/mol. The third-order valence-electron chi connectivity index (χ3n) is 15.1. The summed E-state index contributed by atoms with van der Waals surface area (Å²) in [5, 5.41) is 14.4. The van der Waals surface area contributed by atoms with Gasteiger partial charge >= 0.3 is 17.9 Å². The van der Waals surface area contributed by atoms with E-state index < -0.39 is 51.9 Å². The van der Waals surface area contributed by atoms with Gasteiger partial charge in [0.15, 0.2) is 6.10 Å². The number of likely N-dealkylation sites (N-methyl/N-ethyl adjacent to an activating group) is 1. The van der Waals surface area contributed by atoms with Crippen molar-refractivity contribution < 1.29 is 38.4 Å². The third-order valence-corrected chi connectivity index (χ3v) is 15.6. The van der Waals surface area contributed by atoms with Crippen LogP contribution in [-0.2, 0) is 45.8 Å². The van der Waals surface area contributed by atoms with Crippen LogP contribution in [0.25, 0.3) is 10.9 Å². The number of hydrogen-bond acceptors (Lipinski definition) is 11.